The van der Waals surface area contributed by atoms with Gasteiger partial charge in [-0.05, 0) is 57.5 Å². The summed E-state index contributed by atoms with van der Waals surface area (Å²) in [6, 6.07) is 29.4. The summed E-state index contributed by atoms with van der Waals surface area (Å²) >= 11 is 0. The Hall–Kier alpha value is -4.18. The van der Waals surface area contributed by atoms with Crippen LogP contribution in [0.2, 0.25) is 0 Å². The second-order valence-electron chi connectivity index (χ2n) is 8.28. The normalized spacial score (nSPS) is 11.4. The Kier molecular flexibility index (Phi) is 7.19. The van der Waals surface area contributed by atoms with E-state index in [0.717, 1.165) is 33.9 Å². The molecule has 0 saturated heterocycles. The standard InChI is InChI=1S/C30H27NO3/c1-21-9-5-6-10-22(21)17-18-31-29(32)19-24-13-7-15-26-25(24)14-8-16-27(26)28(20-30(33)34)23-11-3-2-4-12-23/h2-16,20H,17-19H2,1H3,(H,31,32)(H,33,34)/b28-20+. The number of rotatable bonds is 8. The van der Waals surface area contributed by atoms with E-state index in [-0.39, 0.29) is 12.3 Å². The van der Waals surface area contributed by atoms with Gasteiger partial charge in [0.1, 0.15) is 0 Å². The molecule has 4 nitrogen and oxygen atoms in total. The van der Waals surface area contributed by atoms with Crippen LogP contribution in [-0.2, 0) is 22.4 Å². The first-order valence-corrected chi connectivity index (χ1v) is 11.3. The fourth-order valence-electron chi connectivity index (χ4n) is 4.28. The van der Waals surface area contributed by atoms with Crippen molar-refractivity contribution in [3.8, 4) is 0 Å². The third-order valence-corrected chi connectivity index (χ3v) is 5.98. The van der Waals surface area contributed by atoms with Crippen molar-refractivity contribution in [2.24, 2.45) is 0 Å². The molecule has 0 unspecified atom stereocenters. The molecule has 4 rings (SSSR count). The number of nitrogens with one attached hydrogen (secondary N) is 1. The molecule has 0 aromatic heterocycles. The van der Waals surface area contributed by atoms with E-state index < -0.39 is 5.97 Å². The SMILES string of the molecule is Cc1ccccc1CCNC(=O)Cc1cccc2c(/C(=C/C(=O)O)c3ccccc3)cccc12. The Morgan fingerprint density at radius 1 is 0.794 bits per heavy atom. The van der Waals surface area contributed by atoms with Gasteiger partial charge in [-0.2, -0.15) is 0 Å². The molecule has 0 aliphatic rings. The average molecular weight is 450 g/mol. The molecule has 170 valence electrons. The summed E-state index contributed by atoms with van der Waals surface area (Å²) in [6.45, 7) is 2.66. The lowest BCUT2D eigenvalue weighted by atomic mass is 9.91. The van der Waals surface area contributed by atoms with Crippen LogP contribution in [0.25, 0.3) is 16.3 Å². The van der Waals surface area contributed by atoms with Crippen molar-refractivity contribution in [2.75, 3.05) is 6.54 Å². The zero-order valence-electron chi connectivity index (χ0n) is 19.1. The van der Waals surface area contributed by atoms with Crippen molar-refractivity contribution in [3.05, 3.63) is 125 Å². The highest BCUT2D eigenvalue weighted by atomic mass is 16.4. The van der Waals surface area contributed by atoms with Crippen LogP contribution in [0.1, 0.15) is 27.8 Å². The topological polar surface area (TPSA) is 66.4 Å². The van der Waals surface area contributed by atoms with Gasteiger partial charge >= 0.3 is 5.97 Å². The van der Waals surface area contributed by atoms with Gasteiger partial charge in [0, 0.05) is 12.6 Å². The van der Waals surface area contributed by atoms with Gasteiger partial charge in [0.2, 0.25) is 5.91 Å². The molecule has 0 aliphatic heterocycles. The van der Waals surface area contributed by atoms with E-state index in [1.165, 1.54) is 17.2 Å². The van der Waals surface area contributed by atoms with E-state index in [4.69, 9.17) is 0 Å². The Labute approximate surface area is 199 Å². The molecule has 0 heterocycles. The van der Waals surface area contributed by atoms with Gasteiger partial charge in [0.15, 0.2) is 0 Å². The van der Waals surface area contributed by atoms with E-state index in [9.17, 15) is 14.7 Å². The first kappa shape index (κ1) is 23.0. The first-order valence-electron chi connectivity index (χ1n) is 11.3. The number of hydrogen-bond donors (Lipinski definition) is 2. The van der Waals surface area contributed by atoms with Crippen LogP contribution in [0.5, 0.6) is 0 Å². The van der Waals surface area contributed by atoms with Crippen molar-refractivity contribution in [1.29, 1.82) is 0 Å². The van der Waals surface area contributed by atoms with Crippen LogP contribution >= 0.6 is 0 Å². The Morgan fingerprint density at radius 2 is 1.47 bits per heavy atom. The summed E-state index contributed by atoms with van der Waals surface area (Å²) in [6.07, 6.45) is 2.30. The number of aryl methyl sites for hydroxylation is 1. The maximum Gasteiger partial charge on any atom is 0.328 e. The van der Waals surface area contributed by atoms with Crippen molar-refractivity contribution in [1.82, 2.24) is 5.32 Å². The van der Waals surface area contributed by atoms with Crippen LogP contribution in [0.4, 0.5) is 0 Å². The molecule has 1 amide bonds. The molecule has 0 atom stereocenters. The number of amides is 1. The first-order chi connectivity index (χ1) is 16.5. The Morgan fingerprint density at radius 3 is 2.24 bits per heavy atom. The number of fused-ring (bicyclic) bond motifs is 1. The molecule has 0 saturated carbocycles. The average Bonchev–Trinajstić information content (AvgIpc) is 2.84. The quantitative estimate of drug-likeness (QED) is 0.346. The molecular weight excluding hydrogens is 422 g/mol. The van der Waals surface area contributed by atoms with Crippen LogP contribution in [0, 0.1) is 6.92 Å². The molecule has 4 aromatic rings. The number of carboxylic acid groups (broad SMARTS) is 1. The highest BCUT2D eigenvalue weighted by Gasteiger charge is 2.13. The Balaban J connectivity index is 1.58. The third kappa shape index (κ3) is 5.41. The summed E-state index contributed by atoms with van der Waals surface area (Å²) in [5.74, 6) is -1.03. The third-order valence-electron chi connectivity index (χ3n) is 5.98. The van der Waals surface area contributed by atoms with Gasteiger partial charge in [-0.25, -0.2) is 4.79 Å². The molecule has 4 heteroatoms. The fraction of sp³-hybridized carbons (Fsp3) is 0.133. The van der Waals surface area contributed by atoms with Crippen molar-refractivity contribution in [3.63, 3.8) is 0 Å². The lowest BCUT2D eigenvalue weighted by Gasteiger charge is -2.14. The summed E-state index contributed by atoms with van der Waals surface area (Å²) in [5.41, 5.74) is 5.66. The molecular formula is C30H27NO3. The number of aliphatic carboxylic acids is 1. The van der Waals surface area contributed by atoms with Gasteiger partial charge in [-0.15, -0.1) is 0 Å². The van der Waals surface area contributed by atoms with E-state index >= 15 is 0 Å². The molecule has 34 heavy (non-hydrogen) atoms. The van der Waals surface area contributed by atoms with E-state index in [1.54, 1.807) is 0 Å². The number of benzene rings is 4. The van der Waals surface area contributed by atoms with E-state index in [1.807, 2.05) is 78.9 Å². The molecule has 0 fully saturated rings. The molecule has 0 bridgehead atoms. The van der Waals surface area contributed by atoms with Gasteiger partial charge in [0.25, 0.3) is 0 Å². The summed E-state index contributed by atoms with van der Waals surface area (Å²) < 4.78 is 0. The summed E-state index contributed by atoms with van der Waals surface area (Å²) in [4.78, 5) is 24.3. The van der Waals surface area contributed by atoms with Crippen molar-refractivity contribution >= 4 is 28.2 Å². The zero-order valence-corrected chi connectivity index (χ0v) is 19.1. The van der Waals surface area contributed by atoms with Crippen molar-refractivity contribution < 1.29 is 14.7 Å². The van der Waals surface area contributed by atoms with Crippen LogP contribution in [0.15, 0.2) is 97.1 Å². The maximum absolute atomic E-state index is 12.7. The summed E-state index contributed by atoms with van der Waals surface area (Å²) in [7, 11) is 0. The van der Waals surface area contributed by atoms with E-state index in [2.05, 4.69) is 24.4 Å². The number of carbonyl (C=O) groups is 2. The lowest BCUT2D eigenvalue weighted by molar-refractivity contribution is -0.131. The fourth-order valence-corrected chi connectivity index (χ4v) is 4.28. The maximum atomic E-state index is 12.7. The van der Waals surface area contributed by atoms with Gasteiger partial charge in [0.05, 0.1) is 6.42 Å². The predicted octanol–water partition coefficient (Wildman–Crippen LogP) is 5.57. The smallest absolute Gasteiger partial charge is 0.328 e. The highest BCUT2D eigenvalue weighted by molar-refractivity contribution is 6.04. The zero-order chi connectivity index (χ0) is 23.9. The number of carboxylic acids is 1. The molecule has 2 N–H and O–H groups in total. The van der Waals surface area contributed by atoms with E-state index in [0.29, 0.717) is 12.1 Å². The van der Waals surface area contributed by atoms with Gasteiger partial charge in [-0.1, -0.05) is 91.0 Å². The Bertz CT molecular complexity index is 1360. The molecule has 0 radical (unpaired) electrons. The number of carbonyl (C=O) groups excluding carboxylic acids is 1. The largest absolute Gasteiger partial charge is 0.478 e. The number of hydrogen-bond acceptors (Lipinski definition) is 2. The molecule has 4 aromatic carbocycles. The molecule has 0 aliphatic carbocycles. The minimum absolute atomic E-state index is 0.0316. The van der Waals surface area contributed by atoms with Crippen LogP contribution in [0.3, 0.4) is 0 Å². The summed E-state index contributed by atoms with van der Waals surface area (Å²) in [5, 5.41) is 14.4. The van der Waals surface area contributed by atoms with Gasteiger partial charge in [-0.3, -0.25) is 4.79 Å². The van der Waals surface area contributed by atoms with Crippen LogP contribution in [-0.4, -0.2) is 23.5 Å². The van der Waals surface area contributed by atoms with Crippen molar-refractivity contribution in [2.45, 2.75) is 19.8 Å². The van der Waals surface area contributed by atoms with Gasteiger partial charge < -0.3 is 10.4 Å². The second-order valence-corrected chi connectivity index (χ2v) is 8.28. The minimum atomic E-state index is -1.000. The predicted molar refractivity (Wildman–Crippen MR) is 137 cm³/mol. The second kappa shape index (κ2) is 10.6. The monoisotopic (exact) mass is 449 g/mol. The highest BCUT2D eigenvalue weighted by Crippen LogP contribution is 2.31. The van der Waals surface area contributed by atoms with Crippen LogP contribution < -0.4 is 5.32 Å². The molecule has 0 spiro atoms. The lowest BCUT2D eigenvalue weighted by Crippen LogP contribution is -2.27. The minimum Gasteiger partial charge on any atom is -0.478 e.